The van der Waals surface area contributed by atoms with Gasteiger partial charge in [0.15, 0.2) is 11.6 Å². The fourth-order valence-electron chi connectivity index (χ4n) is 2.71. The predicted molar refractivity (Wildman–Crippen MR) is 79.9 cm³/mol. The third-order valence-electron chi connectivity index (χ3n) is 3.87. The molecular weight excluding hydrogens is 304 g/mol. The molecule has 0 saturated heterocycles. The highest BCUT2D eigenvalue weighted by molar-refractivity contribution is 5.97. The van der Waals surface area contributed by atoms with Crippen molar-refractivity contribution in [1.82, 2.24) is 0 Å². The summed E-state index contributed by atoms with van der Waals surface area (Å²) >= 11 is 0. The summed E-state index contributed by atoms with van der Waals surface area (Å²) in [6.45, 7) is 0. The van der Waals surface area contributed by atoms with Gasteiger partial charge in [-0.2, -0.15) is 0 Å². The lowest BCUT2D eigenvalue weighted by atomic mass is 9.89. The molecule has 2 aromatic carbocycles. The van der Waals surface area contributed by atoms with Crippen molar-refractivity contribution in [1.29, 1.82) is 0 Å². The maximum Gasteiger partial charge on any atom is 0.304 e. The number of hydrogen-bond donors (Lipinski definition) is 2. The fraction of sp³-hybridized carbons (Fsp3) is 0.176. The first-order chi connectivity index (χ1) is 10.9. The van der Waals surface area contributed by atoms with Gasteiger partial charge in [-0.3, -0.25) is 9.59 Å². The van der Waals surface area contributed by atoms with Crippen LogP contribution < -0.4 is 5.32 Å². The van der Waals surface area contributed by atoms with Crippen LogP contribution in [0, 0.1) is 17.6 Å². The molecule has 0 radical (unpaired) electrons. The molecule has 0 aliphatic carbocycles. The van der Waals surface area contributed by atoms with Gasteiger partial charge in [-0.25, -0.2) is 8.78 Å². The standard InChI is InChI=1S/C17H13F2NO3/c18-13-3-1-10(7-14(13)19)9-2-4-15-11(5-9)6-12(8-16(21)22)17(23)20-15/h1-5,7,12H,6,8H2,(H,20,23)(H,21,22). The molecule has 118 valence electrons. The lowest BCUT2D eigenvalue weighted by Crippen LogP contribution is -2.31. The van der Waals surface area contributed by atoms with Gasteiger partial charge in [-0.1, -0.05) is 12.1 Å². The average molecular weight is 317 g/mol. The van der Waals surface area contributed by atoms with Gasteiger partial charge in [-0.15, -0.1) is 0 Å². The van der Waals surface area contributed by atoms with E-state index < -0.39 is 23.5 Å². The van der Waals surface area contributed by atoms with E-state index in [1.54, 1.807) is 18.2 Å². The van der Waals surface area contributed by atoms with Crippen molar-refractivity contribution >= 4 is 17.6 Å². The van der Waals surface area contributed by atoms with Crippen LogP contribution in [0.5, 0.6) is 0 Å². The Bertz CT molecular complexity index is 804. The summed E-state index contributed by atoms with van der Waals surface area (Å²) in [6, 6.07) is 8.77. The van der Waals surface area contributed by atoms with Gasteiger partial charge in [0.2, 0.25) is 5.91 Å². The van der Waals surface area contributed by atoms with Crippen LogP contribution in [-0.2, 0) is 16.0 Å². The van der Waals surface area contributed by atoms with Crippen molar-refractivity contribution in [3.8, 4) is 11.1 Å². The molecule has 0 saturated carbocycles. The first-order valence-corrected chi connectivity index (χ1v) is 7.05. The van der Waals surface area contributed by atoms with E-state index in [9.17, 15) is 18.4 Å². The highest BCUT2D eigenvalue weighted by Crippen LogP contribution is 2.32. The number of nitrogens with one attached hydrogen (secondary N) is 1. The summed E-state index contributed by atoms with van der Waals surface area (Å²) in [7, 11) is 0. The van der Waals surface area contributed by atoms with Crippen molar-refractivity contribution in [2.24, 2.45) is 5.92 Å². The number of fused-ring (bicyclic) bond motifs is 1. The number of carboxylic acid groups (broad SMARTS) is 1. The molecule has 4 nitrogen and oxygen atoms in total. The highest BCUT2D eigenvalue weighted by atomic mass is 19.2. The third-order valence-corrected chi connectivity index (χ3v) is 3.87. The number of amides is 1. The number of hydrogen-bond acceptors (Lipinski definition) is 2. The maximum absolute atomic E-state index is 13.4. The molecule has 2 N–H and O–H groups in total. The van der Waals surface area contributed by atoms with E-state index in [0.717, 1.165) is 17.7 Å². The first-order valence-electron chi connectivity index (χ1n) is 7.05. The molecule has 0 bridgehead atoms. The summed E-state index contributed by atoms with van der Waals surface area (Å²) in [5, 5.41) is 11.5. The summed E-state index contributed by atoms with van der Waals surface area (Å²) in [6.07, 6.45) is 0.0473. The minimum absolute atomic E-state index is 0.249. The summed E-state index contributed by atoms with van der Waals surface area (Å²) in [5.74, 6) is -3.84. The molecule has 1 unspecified atom stereocenters. The topological polar surface area (TPSA) is 66.4 Å². The van der Waals surface area contributed by atoms with E-state index in [1.807, 2.05) is 0 Å². The van der Waals surface area contributed by atoms with Gasteiger partial charge in [0.25, 0.3) is 0 Å². The zero-order valence-corrected chi connectivity index (χ0v) is 12.0. The van der Waals surface area contributed by atoms with Crippen molar-refractivity contribution in [3.05, 3.63) is 53.6 Å². The van der Waals surface area contributed by atoms with Gasteiger partial charge >= 0.3 is 5.97 Å². The molecule has 6 heteroatoms. The van der Waals surface area contributed by atoms with E-state index >= 15 is 0 Å². The molecule has 3 rings (SSSR count). The molecule has 2 aromatic rings. The minimum Gasteiger partial charge on any atom is -0.481 e. The second kappa shape index (κ2) is 5.79. The molecule has 0 fully saturated rings. The number of halogens is 2. The van der Waals surface area contributed by atoms with Gasteiger partial charge in [0, 0.05) is 5.69 Å². The SMILES string of the molecule is O=C(O)CC1Cc2cc(-c3ccc(F)c(F)c3)ccc2NC1=O. The number of aliphatic carboxylic acids is 1. The van der Waals surface area contributed by atoms with Gasteiger partial charge in [-0.05, 0) is 47.4 Å². The minimum atomic E-state index is -1.04. The Morgan fingerprint density at radius 2 is 1.83 bits per heavy atom. The Labute approximate surface area is 130 Å². The van der Waals surface area contributed by atoms with Gasteiger partial charge < -0.3 is 10.4 Å². The molecule has 1 aliphatic rings. The first kappa shape index (κ1) is 15.1. The van der Waals surface area contributed by atoms with Crippen LogP contribution >= 0.6 is 0 Å². The van der Waals surface area contributed by atoms with Gasteiger partial charge in [0.1, 0.15) is 0 Å². The molecule has 1 atom stereocenters. The molecule has 1 aliphatic heterocycles. The fourth-order valence-corrected chi connectivity index (χ4v) is 2.71. The van der Waals surface area contributed by atoms with Crippen LogP contribution in [0.1, 0.15) is 12.0 Å². The molecule has 0 spiro atoms. The van der Waals surface area contributed by atoms with E-state index in [0.29, 0.717) is 23.2 Å². The quantitative estimate of drug-likeness (QED) is 0.913. The highest BCUT2D eigenvalue weighted by Gasteiger charge is 2.28. The Kier molecular flexibility index (Phi) is 3.82. The van der Waals surface area contributed by atoms with Crippen molar-refractivity contribution in [2.75, 3.05) is 5.32 Å². The van der Waals surface area contributed by atoms with Crippen LogP contribution in [0.3, 0.4) is 0 Å². The van der Waals surface area contributed by atoms with Crippen molar-refractivity contribution in [3.63, 3.8) is 0 Å². The number of anilines is 1. The zero-order chi connectivity index (χ0) is 16.6. The zero-order valence-electron chi connectivity index (χ0n) is 12.0. The van der Waals surface area contributed by atoms with Crippen molar-refractivity contribution in [2.45, 2.75) is 12.8 Å². The lowest BCUT2D eigenvalue weighted by molar-refractivity contribution is -0.140. The smallest absolute Gasteiger partial charge is 0.304 e. The van der Waals surface area contributed by atoms with E-state index in [2.05, 4.69) is 5.32 Å². The average Bonchev–Trinajstić information content (AvgIpc) is 2.50. The monoisotopic (exact) mass is 317 g/mol. The summed E-state index contributed by atoms with van der Waals surface area (Å²) in [5.41, 5.74) is 2.58. The number of carbonyl (C=O) groups is 2. The van der Waals surface area contributed by atoms with Crippen LogP contribution in [0.25, 0.3) is 11.1 Å². The summed E-state index contributed by atoms with van der Waals surface area (Å²) in [4.78, 5) is 22.7. The second-order valence-electron chi connectivity index (χ2n) is 5.49. The normalized spacial score (nSPS) is 16.6. The Morgan fingerprint density at radius 3 is 2.52 bits per heavy atom. The maximum atomic E-state index is 13.4. The van der Waals surface area contributed by atoms with E-state index in [1.165, 1.54) is 6.07 Å². The lowest BCUT2D eigenvalue weighted by Gasteiger charge is -2.24. The molecule has 1 heterocycles. The Hall–Kier alpha value is -2.76. The van der Waals surface area contributed by atoms with Gasteiger partial charge in [0.05, 0.1) is 12.3 Å². The molecule has 0 aromatic heterocycles. The van der Waals surface area contributed by atoms with E-state index in [-0.39, 0.29) is 12.3 Å². The summed E-state index contributed by atoms with van der Waals surface area (Å²) < 4.78 is 26.4. The van der Waals surface area contributed by atoms with Crippen LogP contribution in [0.4, 0.5) is 14.5 Å². The molecule has 23 heavy (non-hydrogen) atoms. The van der Waals surface area contributed by atoms with Crippen LogP contribution in [0.15, 0.2) is 36.4 Å². The number of carbonyl (C=O) groups excluding carboxylic acids is 1. The second-order valence-corrected chi connectivity index (χ2v) is 5.49. The molecular formula is C17H13F2NO3. The number of benzene rings is 2. The third kappa shape index (κ3) is 3.06. The van der Waals surface area contributed by atoms with Crippen molar-refractivity contribution < 1.29 is 23.5 Å². The predicted octanol–water partition coefficient (Wildman–Crippen LogP) is 3.22. The molecule has 1 amide bonds. The Morgan fingerprint density at radius 1 is 1.13 bits per heavy atom. The number of carboxylic acids is 1. The Balaban J connectivity index is 1.94. The largest absolute Gasteiger partial charge is 0.481 e. The van der Waals surface area contributed by atoms with Crippen LogP contribution in [0.2, 0.25) is 0 Å². The van der Waals surface area contributed by atoms with E-state index in [4.69, 9.17) is 5.11 Å². The van der Waals surface area contributed by atoms with Crippen LogP contribution in [-0.4, -0.2) is 17.0 Å². The number of rotatable bonds is 3.